The Kier molecular flexibility index (Phi) is 8.90. The van der Waals surface area contributed by atoms with Crippen LogP contribution in [0.5, 0.6) is 0 Å². The summed E-state index contributed by atoms with van der Waals surface area (Å²) in [6, 6.07) is 14.8. The number of amides is 2. The van der Waals surface area contributed by atoms with Crippen molar-refractivity contribution in [2.45, 2.75) is 65.0 Å². The number of benzene rings is 2. The average molecular weight is 481 g/mol. The standard InChI is InChI=1S/C28H36N2O5/c1-5-19(6-2)30(16-18(3)4)27(33)25(15-26(31)32)29-28(34)35-17-24-22-13-9-7-11-20(22)21-12-8-10-14-23(21)24/h7-14,18-19,24-25H,5-6,15-17H2,1-4H3,(H,29,34)(H,31,32). The number of ether oxygens (including phenoxy) is 1. The Balaban J connectivity index is 1.73. The van der Waals surface area contributed by atoms with Crippen molar-refractivity contribution >= 4 is 18.0 Å². The molecule has 188 valence electrons. The van der Waals surface area contributed by atoms with E-state index in [-0.39, 0.29) is 30.4 Å². The minimum atomic E-state index is -1.19. The second-order valence-electron chi connectivity index (χ2n) is 9.48. The number of nitrogens with zero attached hydrogens (tertiary/aromatic N) is 1. The predicted octanol–water partition coefficient (Wildman–Crippen LogP) is 5.04. The largest absolute Gasteiger partial charge is 0.481 e. The smallest absolute Gasteiger partial charge is 0.407 e. The molecule has 0 saturated carbocycles. The molecule has 1 aliphatic rings. The molecule has 0 spiro atoms. The summed E-state index contributed by atoms with van der Waals surface area (Å²) in [5.41, 5.74) is 4.39. The molecule has 1 atom stereocenters. The van der Waals surface area contributed by atoms with E-state index in [0.717, 1.165) is 35.1 Å². The van der Waals surface area contributed by atoms with Crippen LogP contribution in [0.25, 0.3) is 11.1 Å². The van der Waals surface area contributed by atoms with Gasteiger partial charge in [-0.25, -0.2) is 4.79 Å². The lowest BCUT2D eigenvalue weighted by atomic mass is 9.98. The van der Waals surface area contributed by atoms with E-state index in [1.807, 2.05) is 64.1 Å². The highest BCUT2D eigenvalue weighted by atomic mass is 16.5. The van der Waals surface area contributed by atoms with Gasteiger partial charge in [0.25, 0.3) is 0 Å². The van der Waals surface area contributed by atoms with Crippen molar-refractivity contribution in [3.05, 3.63) is 59.7 Å². The van der Waals surface area contributed by atoms with E-state index >= 15 is 0 Å². The van der Waals surface area contributed by atoms with Gasteiger partial charge < -0.3 is 20.1 Å². The predicted molar refractivity (Wildman–Crippen MR) is 135 cm³/mol. The third-order valence-electron chi connectivity index (χ3n) is 6.54. The number of alkyl carbamates (subject to hydrolysis) is 1. The van der Waals surface area contributed by atoms with Crippen molar-refractivity contribution < 1.29 is 24.2 Å². The number of hydrogen-bond acceptors (Lipinski definition) is 4. The van der Waals surface area contributed by atoms with Gasteiger partial charge in [0.05, 0.1) is 6.42 Å². The number of carboxylic acids is 1. The third-order valence-corrected chi connectivity index (χ3v) is 6.54. The van der Waals surface area contributed by atoms with Gasteiger partial charge in [0.15, 0.2) is 0 Å². The number of aliphatic carboxylic acids is 1. The van der Waals surface area contributed by atoms with E-state index in [0.29, 0.717) is 6.54 Å². The highest BCUT2D eigenvalue weighted by Gasteiger charge is 2.33. The topological polar surface area (TPSA) is 95.9 Å². The summed E-state index contributed by atoms with van der Waals surface area (Å²) < 4.78 is 5.56. The molecule has 0 fully saturated rings. The number of fused-ring (bicyclic) bond motifs is 3. The highest BCUT2D eigenvalue weighted by Crippen LogP contribution is 2.44. The second kappa shape index (κ2) is 11.9. The van der Waals surface area contributed by atoms with Crippen LogP contribution in [0.15, 0.2) is 48.5 Å². The number of carbonyl (C=O) groups is 3. The van der Waals surface area contributed by atoms with Crippen molar-refractivity contribution in [3.63, 3.8) is 0 Å². The second-order valence-corrected chi connectivity index (χ2v) is 9.48. The van der Waals surface area contributed by atoms with E-state index in [1.165, 1.54) is 0 Å². The average Bonchev–Trinajstić information content (AvgIpc) is 3.15. The van der Waals surface area contributed by atoms with E-state index in [4.69, 9.17) is 4.74 Å². The van der Waals surface area contributed by atoms with Crippen LogP contribution in [0.4, 0.5) is 4.79 Å². The zero-order valence-corrected chi connectivity index (χ0v) is 21.0. The molecule has 7 nitrogen and oxygen atoms in total. The summed E-state index contributed by atoms with van der Waals surface area (Å²) in [6.07, 6.45) is 0.206. The maximum absolute atomic E-state index is 13.4. The Hall–Kier alpha value is -3.35. The number of hydrogen-bond donors (Lipinski definition) is 2. The highest BCUT2D eigenvalue weighted by molar-refractivity contribution is 5.89. The molecule has 0 aliphatic heterocycles. The molecule has 2 aromatic rings. The molecule has 2 amide bonds. The number of carboxylic acid groups (broad SMARTS) is 1. The number of rotatable bonds is 11. The van der Waals surface area contributed by atoms with Gasteiger partial charge >= 0.3 is 12.1 Å². The van der Waals surface area contributed by atoms with Gasteiger partial charge in [-0.15, -0.1) is 0 Å². The van der Waals surface area contributed by atoms with Gasteiger partial charge in [0, 0.05) is 18.5 Å². The summed E-state index contributed by atoms with van der Waals surface area (Å²) >= 11 is 0. The van der Waals surface area contributed by atoms with Crippen molar-refractivity contribution in [2.75, 3.05) is 13.2 Å². The Morgan fingerprint density at radius 3 is 2.00 bits per heavy atom. The van der Waals surface area contributed by atoms with Crippen molar-refractivity contribution in [1.82, 2.24) is 10.2 Å². The van der Waals surface area contributed by atoms with Crippen LogP contribution in [-0.4, -0.2) is 53.2 Å². The molecule has 1 unspecified atom stereocenters. The number of nitrogens with one attached hydrogen (secondary N) is 1. The Labute approximate surface area is 207 Å². The SMILES string of the molecule is CCC(CC)N(CC(C)C)C(=O)C(CC(=O)O)NC(=O)OCC1c2ccccc2-c2ccccc21. The molecule has 7 heteroatoms. The summed E-state index contributed by atoms with van der Waals surface area (Å²) in [4.78, 5) is 39.4. The van der Waals surface area contributed by atoms with Gasteiger partial charge in [-0.3, -0.25) is 9.59 Å². The molecule has 0 heterocycles. The summed E-state index contributed by atoms with van der Waals surface area (Å²) in [6.45, 7) is 8.60. The Morgan fingerprint density at radius 1 is 0.971 bits per heavy atom. The lowest BCUT2D eigenvalue weighted by molar-refractivity contribution is -0.144. The van der Waals surface area contributed by atoms with Gasteiger partial charge in [0.1, 0.15) is 12.6 Å². The molecule has 2 aromatic carbocycles. The molecule has 0 radical (unpaired) electrons. The minimum absolute atomic E-state index is 0.0227. The zero-order chi connectivity index (χ0) is 25.5. The first-order valence-corrected chi connectivity index (χ1v) is 12.4. The van der Waals surface area contributed by atoms with E-state index < -0.39 is 24.5 Å². The van der Waals surface area contributed by atoms with Crippen LogP contribution >= 0.6 is 0 Å². The fourth-order valence-corrected chi connectivity index (χ4v) is 4.90. The molecule has 2 N–H and O–H groups in total. The van der Waals surface area contributed by atoms with Gasteiger partial charge in [-0.2, -0.15) is 0 Å². The molecule has 1 aliphatic carbocycles. The lowest BCUT2D eigenvalue weighted by Crippen LogP contribution is -2.53. The fourth-order valence-electron chi connectivity index (χ4n) is 4.90. The van der Waals surface area contributed by atoms with E-state index in [9.17, 15) is 19.5 Å². The lowest BCUT2D eigenvalue weighted by Gasteiger charge is -2.34. The van der Waals surface area contributed by atoms with Crippen LogP contribution < -0.4 is 5.32 Å². The molecular formula is C28H36N2O5. The zero-order valence-electron chi connectivity index (χ0n) is 21.0. The van der Waals surface area contributed by atoms with Crippen LogP contribution in [0.3, 0.4) is 0 Å². The third kappa shape index (κ3) is 6.21. The Bertz CT molecular complexity index is 1000. The quantitative estimate of drug-likeness (QED) is 0.470. The molecule has 0 bridgehead atoms. The van der Waals surface area contributed by atoms with Crippen LogP contribution in [0.1, 0.15) is 64.0 Å². The van der Waals surface area contributed by atoms with Gasteiger partial charge in [0.2, 0.25) is 5.91 Å². The first-order valence-electron chi connectivity index (χ1n) is 12.4. The van der Waals surface area contributed by atoms with Crippen molar-refractivity contribution in [2.24, 2.45) is 5.92 Å². The van der Waals surface area contributed by atoms with Crippen LogP contribution in [0.2, 0.25) is 0 Å². The van der Waals surface area contributed by atoms with E-state index in [1.54, 1.807) is 4.90 Å². The first-order chi connectivity index (χ1) is 16.8. The van der Waals surface area contributed by atoms with E-state index in [2.05, 4.69) is 17.4 Å². The molecule has 35 heavy (non-hydrogen) atoms. The first kappa shape index (κ1) is 26.3. The van der Waals surface area contributed by atoms with Gasteiger partial charge in [-0.05, 0) is 41.0 Å². The normalized spacial score (nSPS) is 13.3. The maximum atomic E-state index is 13.4. The van der Waals surface area contributed by atoms with Crippen LogP contribution in [0, 0.1) is 5.92 Å². The minimum Gasteiger partial charge on any atom is -0.481 e. The van der Waals surface area contributed by atoms with Crippen molar-refractivity contribution in [1.29, 1.82) is 0 Å². The molecule has 3 rings (SSSR count). The molecule has 0 saturated heterocycles. The molecular weight excluding hydrogens is 444 g/mol. The van der Waals surface area contributed by atoms with Crippen LogP contribution in [-0.2, 0) is 14.3 Å². The van der Waals surface area contributed by atoms with Gasteiger partial charge in [-0.1, -0.05) is 76.2 Å². The molecule has 0 aromatic heterocycles. The fraction of sp³-hybridized carbons (Fsp3) is 0.464. The van der Waals surface area contributed by atoms with Crippen molar-refractivity contribution in [3.8, 4) is 11.1 Å². The summed E-state index contributed by atoms with van der Waals surface area (Å²) in [5.74, 6) is -1.46. The monoisotopic (exact) mass is 480 g/mol. The Morgan fingerprint density at radius 2 is 1.51 bits per heavy atom. The maximum Gasteiger partial charge on any atom is 0.407 e. The summed E-state index contributed by atoms with van der Waals surface area (Å²) in [7, 11) is 0. The summed E-state index contributed by atoms with van der Waals surface area (Å²) in [5, 5.41) is 12.0. The number of carbonyl (C=O) groups excluding carboxylic acids is 2.